The normalized spacial score (nSPS) is 11.4. The third kappa shape index (κ3) is 6.28. The largest absolute Gasteiger partial charge is 0.478 e. The topological polar surface area (TPSA) is 63.6 Å². The Bertz CT molecular complexity index is 615. The van der Waals surface area contributed by atoms with E-state index in [4.69, 9.17) is 21.4 Å². The Kier molecular flexibility index (Phi) is 7.55. The van der Waals surface area contributed by atoms with Crippen LogP contribution in [0.15, 0.2) is 48.1 Å². The maximum atomic E-state index is 12.3. The van der Waals surface area contributed by atoms with Crippen molar-refractivity contribution in [3.63, 3.8) is 0 Å². The third-order valence-electron chi connectivity index (χ3n) is 3.09. The van der Waals surface area contributed by atoms with Crippen LogP contribution in [0.25, 0.3) is 0 Å². The fourth-order valence-electron chi connectivity index (χ4n) is 2.08. The van der Waals surface area contributed by atoms with E-state index in [2.05, 4.69) is 6.58 Å². The molecule has 0 saturated carbocycles. The van der Waals surface area contributed by atoms with Gasteiger partial charge in [-0.25, -0.2) is 9.59 Å². The lowest BCUT2D eigenvalue weighted by molar-refractivity contribution is 0.0386. The summed E-state index contributed by atoms with van der Waals surface area (Å²) in [5.74, 6) is -1.37. The molecule has 1 N–H and O–H groups in total. The average Bonchev–Trinajstić information content (AvgIpc) is 2.46. The number of hydrogen-bond donors (Lipinski definition) is 1. The molecular formula is C18H21ClO4. The number of rotatable bonds is 8. The Morgan fingerprint density at radius 3 is 2.43 bits per heavy atom. The highest BCUT2D eigenvalue weighted by atomic mass is 35.5. The van der Waals surface area contributed by atoms with Gasteiger partial charge >= 0.3 is 11.9 Å². The monoisotopic (exact) mass is 336 g/mol. The Morgan fingerprint density at radius 2 is 1.91 bits per heavy atom. The maximum Gasteiger partial charge on any atom is 0.339 e. The van der Waals surface area contributed by atoms with Gasteiger partial charge in [0.15, 0.2) is 0 Å². The first-order valence-corrected chi connectivity index (χ1v) is 7.79. The number of aromatic carboxylic acids is 1. The van der Waals surface area contributed by atoms with Gasteiger partial charge < -0.3 is 9.84 Å². The van der Waals surface area contributed by atoms with Crippen LogP contribution in [0.3, 0.4) is 0 Å². The lowest BCUT2D eigenvalue weighted by atomic mass is 10.0. The molecule has 5 heteroatoms. The predicted octanol–water partition coefficient (Wildman–Crippen LogP) is 4.45. The summed E-state index contributed by atoms with van der Waals surface area (Å²) in [7, 11) is 0. The van der Waals surface area contributed by atoms with Crippen molar-refractivity contribution < 1.29 is 19.4 Å². The Hall–Kier alpha value is -2.07. The number of allylic oxidation sites excluding steroid dienone is 1. The second-order valence-corrected chi connectivity index (χ2v) is 5.81. The van der Waals surface area contributed by atoms with E-state index in [0.717, 1.165) is 11.1 Å². The van der Waals surface area contributed by atoms with Crippen molar-refractivity contribution >= 4 is 23.5 Å². The zero-order chi connectivity index (χ0) is 17.4. The van der Waals surface area contributed by atoms with Crippen molar-refractivity contribution in [2.24, 2.45) is 0 Å². The summed E-state index contributed by atoms with van der Waals surface area (Å²) >= 11 is 5.69. The number of carboxylic acid groups (broad SMARTS) is 1. The average molecular weight is 337 g/mol. The van der Waals surface area contributed by atoms with Gasteiger partial charge in [-0.1, -0.05) is 29.9 Å². The summed E-state index contributed by atoms with van der Waals surface area (Å²) < 4.78 is 5.47. The third-order valence-corrected chi connectivity index (χ3v) is 3.28. The molecule has 0 fully saturated rings. The highest BCUT2D eigenvalue weighted by Crippen LogP contribution is 2.18. The van der Waals surface area contributed by atoms with E-state index in [1.165, 1.54) is 12.1 Å². The molecule has 1 rings (SSSR count). The molecule has 1 aromatic carbocycles. The molecule has 1 atom stereocenters. The number of halogens is 1. The number of carboxylic acids is 1. The van der Waals surface area contributed by atoms with Gasteiger partial charge in [0, 0.05) is 12.3 Å². The van der Waals surface area contributed by atoms with Gasteiger partial charge in [0.1, 0.15) is 6.10 Å². The van der Waals surface area contributed by atoms with Crippen molar-refractivity contribution in [2.45, 2.75) is 32.8 Å². The highest BCUT2D eigenvalue weighted by molar-refractivity contribution is 6.18. The number of hydrogen-bond acceptors (Lipinski definition) is 3. The van der Waals surface area contributed by atoms with E-state index in [1.54, 1.807) is 12.1 Å². The SMILES string of the molecule is C=C(CCCl)CC(C=C(C)C)OC(=O)c1ccccc1C(=O)O. The van der Waals surface area contributed by atoms with Crippen LogP contribution >= 0.6 is 11.6 Å². The number of ether oxygens (including phenoxy) is 1. The van der Waals surface area contributed by atoms with Crippen molar-refractivity contribution in [1.29, 1.82) is 0 Å². The van der Waals surface area contributed by atoms with Crippen molar-refractivity contribution in [2.75, 3.05) is 5.88 Å². The predicted molar refractivity (Wildman–Crippen MR) is 91.1 cm³/mol. The summed E-state index contributed by atoms with van der Waals surface area (Å²) in [6.07, 6.45) is 2.42. The minimum absolute atomic E-state index is 0.0371. The van der Waals surface area contributed by atoms with E-state index in [0.29, 0.717) is 18.7 Å². The van der Waals surface area contributed by atoms with Crippen LogP contribution in [-0.2, 0) is 4.74 Å². The molecule has 0 amide bonds. The summed E-state index contributed by atoms with van der Waals surface area (Å²) in [6.45, 7) is 7.72. The van der Waals surface area contributed by atoms with Gasteiger partial charge in [0.25, 0.3) is 0 Å². The zero-order valence-electron chi connectivity index (χ0n) is 13.3. The molecule has 124 valence electrons. The smallest absolute Gasteiger partial charge is 0.339 e. The van der Waals surface area contributed by atoms with Crippen LogP contribution in [-0.4, -0.2) is 29.0 Å². The second-order valence-electron chi connectivity index (χ2n) is 5.43. The lowest BCUT2D eigenvalue weighted by Gasteiger charge is -2.17. The van der Waals surface area contributed by atoms with E-state index >= 15 is 0 Å². The minimum Gasteiger partial charge on any atom is -0.478 e. The fraction of sp³-hybridized carbons (Fsp3) is 0.333. The van der Waals surface area contributed by atoms with E-state index < -0.39 is 18.0 Å². The van der Waals surface area contributed by atoms with Gasteiger partial charge in [0.2, 0.25) is 0 Å². The Morgan fingerprint density at radius 1 is 1.30 bits per heavy atom. The van der Waals surface area contributed by atoms with Crippen LogP contribution < -0.4 is 0 Å². The van der Waals surface area contributed by atoms with E-state index in [-0.39, 0.29) is 11.1 Å². The first-order valence-electron chi connectivity index (χ1n) is 7.26. The van der Waals surface area contributed by atoms with Crippen LogP contribution in [0.4, 0.5) is 0 Å². The molecule has 0 aromatic heterocycles. The number of carbonyl (C=O) groups excluding carboxylic acids is 1. The number of alkyl halides is 1. The van der Waals surface area contributed by atoms with Crippen molar-refractivity contribution in [3.8, 4) is 0 Å². The van der Waals surface area contributed by atoms with Crippen molar-refractivity contribution in [1.82, 2.24) is 0 Å². The molecule has 4 nitrogen and oxygen atoms in total. The minimum atomic E-state index is -1.16. The lowest BCUT2D eigenvalue weighted by Crippen LogP contribution is -2.19. The van der Waals surface area contributed by atoms with Crippen LogP contribution in [0.5, 0.6) is 0 Å². The first-order chi connectivity index (χ1) is 10.8. The van der Waals surface area contributed by atoms with Crippen LogP contribution in [0.2, 0.25) is 0 Å². The van der Waals surface area contributed by atoms with Gasteiger partial charge in [-0.15, -0.1) is 11.6 Å². The highest BCUT2D eigenvalue weighted by Gasteiger charge is 2.20. The number of carbonyl (C=O) groups is 2. The van der Waals surface area contributed by atoms with E-state index in [9.17, 15) is 9.59 Å². The Labute approximate surface area is 141 Å². The molecule has 0 aliphatic carbocycles. The summed E-state index contributed by atoms with van der Waals surface area (Å²) in [5.41, 5.74) is 1.83. The molecule has 23 heavy (non-hydrogen) atoms. The molecule has 0 heterocycles. The molecular weight excluding hydrogens is 316 g/mol. The molecule has 0 bridgehead atoms. The molecule has 0 aliphatic heterocycles. The molecule has 0 radical (unpaired) electrons. The molecule has 1 unspecified atom stereocenters. The molecule has 1 aromatic rings. The van der Waals surface area contributed by atoms with E-state index in [1.807, 2.05) is 19.9 Å². The second kappa shape index (κ2) is 9.16. The number of esters is 1. The number of benzene rings is 1. The van der Waals surface area contributed by atoms with Crippen LogP contribution in [0.1, 0.15) is 47.4 Å². The molecule has 0 saturated heterocycles. The van der Waals surface area contributed by atoms with Gasteiger partial charge in [-0.05, 0) is 38.5 Å². The van der Waals surface area contributed by atoms with Crippen molar-refractivity contribution in [3.05, 3.63) is 59.2 Å². The molecule has 0 aliphatic rings. The summed E-state index contributed by atoms with van der Waals surface area (Å²) in [6, 6.07) is 5.99. The van der Waals surface area contributed by atoms with Gasteiger partial charge in [-0.3, -0.25) is 0 Å². The fourth-order valence-corrected chi connectivity index (χ4v) is 2.34. The Balaban J connectivity index is 2.95. The summed E-state index contributed by atoms with van der Waals surface area (Å²) in [5, 5.41) is 9.16. The standard InChI is InChI=1S/C18H21ClO4/c1-12(2)10-14(11-13(3)8-9-19)23-18(22)16-7-5-4-6-15(16)17(20)21/h4-7,10,14H,3,8-9,11H2,1-2H3,(H,20,21). The van der Waals surface area contributed by atoms with Crippen LogP contribution in [0, 0.1) is 0 Å². The van der Waals surface area contributed by atoms with Gasteiger partial charge in [-0.2, -0.15) is 0 Å². The summed E-state index contributed by atoms with van der Waals surface area (Å²) in [4.78, 5) is 23.5. The maximum absolute atomic E-state index is 12.3. The van der Waals surface area contributed by atoms with Gasteiger partial charge in [0.05, 0.1) is 11.1 Å². The molecule has 0 spiro atoms. The quantitative estimate of drug-likeness (QED) is 0.432. The first kappa shape index (κ1) is 19.0. The zero-order valence-corrected chi connectivity index (χ0v) is 14.1.